The lowest BCUT2D eigenvalue weighted by Crippen LogP contribution is -2.51. The first kappa shape index (κ1) is 15.8. The molecule has 116 valence electrons. The van der Waals surface area contributed by atoms with Crippen LogP contribution in [0.2, 0.25) is 0 Å². The topological polar surface area (TPSA) is 75.8 Å². The van der Waals surface area contributed by atoms with E-state index in [1.165, 1.54) is 0 Å². The minimum absolute atomic E-state index is 0.0201. The molecule has 3 N–H and O–H groups in total. The van der Waals surface area contributed by atoms with Crippen LogP contribution >= 0.6 is 0 Å². The maximum Gasteiger partial charge on any atom is 0.268 e. The van der Waals surface area contributed by atoms with E-state index in [1.54, 1.807) is 23.1 Å². The zero-order valence-corrected chi connectivity index (χ0v) is 13.0. The molecule has 1 amide bonds. The van der Waals surface area contributed by atoms with Crippen molar-refractivity contribution in [1.82, 2.24) is 0 Å². The summed E-state index contributed by atoms with van der Waals surface area (Å²) in [6.07, 6.45) is -1.20. The van der Waals surface area contributed by atoms with E-state index >= 15 is 0 Å². The van der Waals surface area contributed by atoms with Crippen molar-refractivity contribution in [3.63, 3.8) is 0 Å². The van der Waals surface area contributed by atoms with Gasteiger partial charge < -0.3 is 20.5 Å². The molecule has 0 bridgehead atoms. The highest BCUT2D eigenvalue weighted by Crippen LogP contribution is 2.38. The number of ether oxygens (including phenoxy) is 1. The Balaban J connectivity index is 2.49. The van der Waals surface area contributed by atoms with Gasteiger partial charge in [-0.15, -0.1) is 0 Å². The number of carbonyl (C=O) groups excluding carboxylic acids is 1. The molecule has 2 rings (SSSR count). The minimum atomic E-state index is -0.734. The van der Waals surface area contributed by atoms with Crippen LogP contribution in [0.4, 0.5) is 5.69 Å². The molecule has 1 aromatic carbocycles. The lowest BCUT2D eigenvalue weighted by Gasteiger charge is -2.38. The molecule has 0 spiro atoms. The van der Waals surface area contributed by atoms with Gasteiger partial charge in [0.2, 0.25) is 0 Å². The predicted octanol–water partition coefficient (Wildman–Crippen LogP) is 1.84. The lowest BCUT2D eigenvalue weighted by atomic mass is 10.00. The van der Waals surface area contributed by atoms with Gasteiger partial charge in [0.25, 0.3) is 5.91 Å². The van der Waals surface area contributed by atoms with Crippen molar-refractivity contribution < 1.29 is 14.6 Å². The van der Waals surface area contributed by atoms with Crippen molar-refractivity contribution in [1.29, 1.82) is 0 Å². The van der Waals surface area contributed by atoms with E-state index < -0.39 is 12.2 Å². The monoisotopic (exact) mass is 292 g/mol. The normalized spacial score (nSPS) is 19.7. The Kier molecular flexibility index (Phi) is 4.54. The van der Waals surface area contributed by atoms with Crippen LogP contribution in [0, 0.1) is 5.92 Å². The molecule has 1 aliphatic heterocycles. The second-order valence-electron chi connectivity index (χ2n) is 6.06. The van der Waals surface area contributed by atoms with Crippen LogP contribution in [0.1, 0.15) is 39.4 Å². The van der Waals surface area contributed by atoms with Gasteiger partial charge in [-0.3, -0.25) is 4.79 Å². The molecule has 21 heavy (non-hydrogen) atoms. The maximum atomic E-state index is 12.6. The van der Waals surface area contributed by atoms with E-state index in [0.717, 1.165) is 0 Å². The third kappa shape index (κ3) is 2.89. The van der Waals surface area contributed by atoms with Crippen LogP contribution in [0.5, 0.6) is 5.75 Å². The molecule has 0 saturated carbocycles. The number of carbonyl (C=O) groups is 1. The fourth-order valence-electron chi connectivity index (χ4n) is 2.56. The Morgan fingerprint density at radius 1 is 1.33 bits per heavy atom. The summed E-state index contributed by atoms with van der Waals surface area (Å²) in [6.45, 7) is 8.02. The fourth-order valence-corrected chi connectivity index (χ4v) is 2.56. The first-order valence-electron chi connectivity index (χ1n) is 7.38. The molecule has 1 heterocycles. The number of anilines is 1. The number of benzene rings is 1. The minimum Gasteiger partial charge on any atom is -0.478 e. The number of hydrogen-bond acceptors (Lipinski definition) is 4. The molecule has 2 atom stereocenters. The first-order chi connectivity index (χ1) is 9.86. The van der Waals surface area contributed by atoms with Crippen LogP contribution in [0.15, 0.2) is 18.2 Å². The van der Waals surface area contributed by atoms with E-state index in [4.69, 9.17) is 10.5 Å². The molecule has 5 nitrogen and oxygen atoms in total. The highest BCUT2D eigenvalue weighted by Gasteiger charge is 2.37. The molecule has 1 aromatic rings. The highest BCUT2D eigenvalue weighted by molar-refractivity contribution is 6.00. The fraction of sp³-hybridized carbons (Fsp3) is 0.562. The van der Waals surface area contributed by atoms with E-state index in [-0.39, 0.29) is 24.4 Å². The summed E-state index contributed by atoms with van der Waals surface area (Å²) < 4.78 is 5.85. The van der Waals surface area contributed by atoms with Gasteiger partial charge in [0, 0.05) is 12.6 Å². The number of hydrogen-bond donors (Lipinski definition) is 2. The zero-order chi connectivity index (χ0) is 15.7. The van der Waals surface area contributed by atoms with E-state index in [1.807, 2.05) is 27.7 Å². The van der Waals surface area contributed by atoms with Crippen molar-refractivity contribution in [2.24, 2.45) is 11.7 Å². The van der Waals surface area contributed by atoms with Crippen LogP contribution < -0.4 is 15.4 Å². The first-order valence-corrected chi connectivity index (χ1v) is 7.38. The Morgan fingerprint density at radius 2 is 2.00 bits per heavy atom. The van der Waals surface area contributed by atoms with Gasteiger partial charge in [0.05, 0.1) is 11.8 Å². The zero-order valence-electron chi connectivity index (χ0n) is 13.0. The molecule has 5 heteroatoms. The molecule has 0 fully saturated rings. The summed E-state index contributed by atoms with van der Waals surface area (Å²) in [5.74, 6) is 0.739. The van der Waals surface area contributed by atoms with Crippen LogP contribution in [-0.4, -0.2) is 29.7 Å². The number of nitrogens with two attached hydrogens (primary N) is 1. The molecule has 0 radical (unpaired) electrons. The summed E-state index contributed by atoms with van der Waals surface area (Å²) in [5, 5.41) is 9.89. The van der Waals surface area contributed by atoms with Crippen LogP contribution in [0.25, 0.3) is 0 Å². The van der Waals surface area contributed by atoms with Gasteiger partial charge in [0.1, 0.15) is 5.75 Å². The predicted molar refractivity (Wildman–Crippen MR) is 82.3 cm³/mol. The Morgan fingerprint density at radius 3 is 2.52 bits per heavy atom. The molecular weight excluding hydrogens is 268 g/mol. The molecule has 2 unspecified atom stereocenters. The van der Waals surface area contributed by atoms with Crippen molar-refractivity contribution in [3.8, 4) is 5.75 Å². The van der Waals surface area contributed by atoms with Crippen molar-refractivity contribution in [3.05, 3.63) is 23.8 Å². The van der Waals surface area contributed by atoms with Gasteiger partial charge in [-0.2, -0.15) is 0 Å². The van der Waals surface area contributed by atoms with E-state index in [0.29, 0.717) is 17.0 Å². The maximum absolute atomic E-state index is 12.6. The molecule has 0 aromatic heterocycles. The number of fused-ring (bicyclic) bond motifs is 1. The number of rotatable bonds is 4. The average Bonchev–Trinajstić information content (AvgIpc) is 2.44. The smallest absolute Gasteiger partial charge is 0.268 e. The standard InChI is InChI=1S/C16H24N2O3/c1-9(2)15-16(20)18(10(3)4)12-7-11(13(19)8-17)5-6-14(12)21-15/h5-7,9-10,13,15,19H,8,17H2,1-4H3. The lowest BCUT2D eigenvalue weighted by molar-refractivity contribution is -0.128. The number of aliphatic hydroxyl groups excluding tert-OH is 1. The summed E-state index contributed by atoms with van der Waals surface area (Å²) in [5.41, 5.74) is 6.90. The number of aliphatic hydroxyl groups is 1. The third-order valence-electron chi connectivity index (χ3n) is 3.71. The van der Waals surface area contributed by atoms with Gasteiger partial charge in [-0.25, -0.2) is 0 Å². The quantitative estimate of drug-likeness (QED) is 0.888. The highest BCUT2D eigenvalue weighted by atomic mass is 16.5. The van der Waals surface area contributed by atoms with Gasteiger partial charge in [0.15, 0.2) is 6.10 Å². The largest absolute Gasteiger partial charge is 0.478 e. The Hall–Kier alpha value is -1.59. The number of amides is 1. The van der Waals surface area contributed by atoms with Gasteiger partial charge >= 0.3 is 0 Å². The summed E-state index contributed by atoms with van der Waals surface area (Å²) >= 11 is 0. The Labute approximate surface area is 125 Å². The van der Waals surface area contributed by atoms with Gasteiger partial charge in [-0.05, 0) is 37.5 Å². The van der Waals surface area contributed by atoms with Crippen LogP contribution in [0.3, 0.4) is 0 Å². The molecule has 0 aliphatic carbocycles. The second kappa shape index (κ2) is 6.03. The van der Waals surface area contributed by atoms with Crippen molar-refractivity contribution >= 4 is 11.6 Å². The average molecular weight is 292 g/mol. The van der Waals surface area contributed by atoms with E-state index in [2.05, 4.69) is 0 Å². The second-order valence-corrected chi connectivity index (χ2v) is 6.06. The van der Waals surface area contributed by atoms with Crippen molar-refractivity contribution in [2.75, 3.05) is 11.4 Å². The van der Waals surface area contributed by atoms with Crippen LogP contribution in [-0.2, 0) is 4.79 Å². The molecule has 0 saturated heterocycles. The summed E-state index contributed by atoms with van der Waals surface area (Å²) in [7, 11) is 0. The molecule has 1 aliphatic rings. The van der Waals surface area contributed by atoms with Crippen molar-refractivity contribution in [2.45, 2.75) is 45.9 Å². The Bertz CT molecular complexity index is 528. The van der Waals surface area contributed by atoms with E-state index in [9.17, 15) is 9.90 Å². The SMILES string of the molecule is CC(C)C1Oc2ccc(C(O)CN)cc2N(C(C)C)C1=O. The number of nitrogens with zero attached hydrogens (tertiary/aromatic N) is 1. The summed E-state index contributed by atoms with van der Waals surface area (Å²) in [4.78, 5) is 14.4. The molecular formula is C16H24N2O3. The van der Waals surface area contributed by atoms with Gasteiger partial charge in [-0.1, -0.05) is 19.9 Å². The third-order valence-corrected chi connectivity index (χ3v) is 3.71. The summed E-state index contributed by atoms with van der Waals surface area (Å²) in [6, 6.07) is 5.41.